The molecule has 5 nitrogen and oxygen atoms in total. The topological polar surface area (TPSA) is 58.6 Å². The van der Waals surface area contributed by atoms with Crippen molar-refractivity contribution in [2.45, 2.75) is 13.3 Å². The Labute approximate surface area is 134 Å². The normalized spacial score (nSPS) is 24.0. The maximum Gasteiger partial charge on any atom is 0.228 e. The number of hydrogen-bond acceptors (Lipinski definition) is 3. The molecule has 0 aromatic heterocycles. The van der Waals surface area contributed by atoms with Gasteiger partial charge in [-0.3, -0.25) is 9.59 Å². The van der Waals surface area contributed by atoms with Crippen LogP contribution in [0.15, 0.2) is 18.2 Å². The molecule has 1 saturated carbocycles. The highest BCUT2D eigenvalue weighted by molar-refractivity contribution is 6.30. The minimum absolute atomic E-state index is 0.0799. The first-order chi connectivity index (χ1) is 10.6. The molecule has 2 atom stereocenters. The molecule has 1 aliphatic heterocycles. The van der Waals surface area contributed by atoms with Crippen molar-refractivity contribution in [2.24, 2.45) is 11.8 Å². The van der Waals surface area contributed by atoms with Gasteiger partial charge in [0.2, 0.25) is 11.8 Å². The number of amides is 2. The van der Waals surface area contributed by atoms with Crippen molar-refractivity contribution >= 4 is 29.1 Å². The molecule has 22 heavy (non-hydrogen) atoms. The number of anilines is 1. The molecular weight excluding hydrogens is 304 g/mol. The lowest BCUT2D eigenvalue weighted by molar-refractivity contribution is -0.137. The van der Waals surface area contributed by atoms with Crippen molar-refractivity contribution in [3.05, 3.63) is 28.8 Å². The van der Waals surface area contributed by atoms with Crippen molar-refractivity contribution in [1.82, 2.24) is 4.90 Å². The summed E-state index contributed by atoms with van der Waals surface area (Å²) in [5, 5.41) is 3.54. The largest absolute Gasteiger partial charge is 0.378 e. The quantitative estimate of drug-likeness (QED) is 0.927. The third-order valence-electron chi connectivity index (χ3n) is 4.21. The molecule has 0 bridgehead atoms. The van der Waals surface area contributed by atoms with Crippen LogP contribution < -0.4 is 5.32 Å². The van der Waals surface area contributed by atoms with Crippen molar-refractivity contribution < 1.29 is 14.3 Å². The Morgan fingerprint density at radius 2 is 2.00 bits per heavy atom. The van der Waals surface area contributed by atoms with Gasteiger partial charge in [0.1, 0.15) is 0 Å². The van der Waals surface area contributed by atoms with Crippen LogP contribution >= 0.6 is 11.6 Å². The molecule has 1 heterocycles. The van der Waals surface area contributed by atoms with Crippen LogP contribution in [0.2, 0.25) is 5.02 Å². The van der Waals surface area contributed by atoms with Crippen LogP contribution in [0.3, 0.4) is 0 Å². The summed E-state index contributed by atoms with van der Waals surface area (Å²) in [6, 6.07) is 5.34. The molecule has 2 amide bonds. The number of nitrogens with zero attached hydrogens (tertiary/aromatic N) is 1. The molecule has 118 valence electrons. The van der Waals surface area contributed by atoms with Crippen LogP contribution in [-0.4, -0.2) is 43.0 Å². The number of carbonyl (C=O) groups is 2. The molecule has 6 heteroatoms. The number of hydrogen-bond donors (Lipinski definition) is 1. The number of morpholine rings is 1. The highest BCUT2D eigenvalue weighted by Gasteiger charge is 2.49. The number of ether oxygens (including phenoxy) is 1. The van der Waals surface area contributed by atoms with Crippen LogP contribution in [-0.2, 0) is 14.3 Å². The number of halogens is 1. The standard InChI is InChI=1S/C16H19ClN2O3/c1-10-8-11(17)2-3-14(10)18-15(20)12-9-13(12)16(21)19-4-6-22-7-5-19/h2-3,8,12-13H,4-7,9H2,1H3,(H,18,20). The summed E-state index contributed by atoms with van der Waals surface area (Å²) in [6.45, 7) is 4.31. The van der Waals surface area contributed by atoms with Crippen LogP contribution in [0.4, 0.5) is 5.69 Å². The second kappa shape index (κ2) is 6.26. The van der Waals surface area contributed by atoms with E-state index in [1.54, 1.807) is 23.1 Å². The maximum absolute atomic E-state index is 12.3. The van der Waals surface area contributed by atoms with Gasteiger partial charge in [0, 0.05) is 23.8 Å². The van der Waals surface area contributed by atoms with E-state index in [0.717, 1.165) is 11.3 Å². The Hall–Kier alpha value is -1.59. The first kappa shape index (κ1) is 15.3. The monoisotopic (exact) mass is 322 g/mol. The number of nitrogens with one attached hydrogen (secondary N) is 1. The number of rotatable bonds is 3. The van der Waals surface area contributed by atoms with Gasteiger partial charge in [0.15, 0.2) is 0 Å². The minimum Gasteiger partial charge on any atom is -0.378 e. The Morgan fingerprint density at radius 3 is 2.68 bits per heavy atom. The highest BCUT2D eigenvalue weighted by atomic mass is 35.5. The molecule has 1 N–H and O–H groups in total. The van der Waals surface area contributed by atoms with E-state index < -0.39 is 0 Å². The summed E-state index contributed by atoms with van der Waals surface area (Å²) in [6.07, 6.45) is 0.634. The summed E-state index contributed by atoms with van der Waals surface area (Å²) >= 11 is 5.91. The van der Waals surface area contributed by atoms with Crippen molar-refractivity contribution in [2.75, 3.05) is 31.6 Å². The van der Waals surface area contributed by atoms with Crippen LogP contribution in [0, 0.1) is 18.8 Å². The predicted molar refractivity (Wildman–Crippen MR) is 83.8 cm³/mol. The van der Waals surface area contributed by atoms with E-state index in [4.69, 9.17) is 16.3 Å². The lowest BCUT2D eigenvalue weighted by Crippen LogP contribution is -2.42. The Bertz CT molecular complexity index is 599. The molecule has 0 radical (unpaired) electrons. The molecule has 0 spiro atoms. The number of carbonyl (C=O) groups excluding carboxylic acids is 2. The summed E-state index contributed by atoms with van der Waals surface area (Å²) in [5.41, 5.74) is 1.66. The van der Waals surface area contributed by atoms with Gasteiger partial charge in [-0.25, -0.2) is 0 Å². The zero-order valence-electron chi connectivity index (χ0n) is 12.5. The second-order valence-corrected chi connectivity index (χ2v) is 6.27. The number of benzene rings is 1. The molecule has 1 saturated heterocycles. The average Bonchev–Trinajstić information content (AvgIpc) is 3.31. The fourth-order valence-electron chi connectivity index (χ4n) is 2.77. The van der Waals surface area contributed by atoms with E-state index in [0.29, 0.717) is 37.7 Å². The van der Waals surface area contributed by atoms with Crippen molar-refractivity contribution in [1.29, 1.82) is 0 Å². The van der Waals surface area contributed by atoms with Crippen molar-refractivity contribution in [3.63, 3.8) is 0 Å². The Balaban J connectivity index is 1.57. The summed E-state index contributed by atoms with van der Waals surface area (Å²) in [4.78, 5) is 26.4. The average molecular weight is 323 g/mol. The van der Waals surface area contributed by atoms with Crippen LogP contribution in [0.1, 0.15) is 12.0 Å². The van der Waals surface area contributed by atoms with Gasteiger partial charge in [-0.2, -0.15) is 0 Å². The summed E-state index contributed by atoms with van der Waals surface area (Å²) in [5.74, 6) is -0.399. The molecule has 1 aliphatic carbocycles. The highest BCUT2D eigenvalue weighted by Crippen LogP contribution is 2.41. The van der Waals surface area contributed by atoms with E-state index >= 15 is 0 Å². The van der Waals surface area contributed by atoms with E-state index in [1.807, 2.05) is 6.92 Å². The summed E-state index contributed by atoms with van der Waals surface area (Å²) < 4.78 is 5.24. The third-order valence-corrected chi connectivity index (χ3v) is 4.45. The third kappa shape index (κ3) is 3.25. The molecule has 3 rings (SSSR count). The Kier molecular flexibility index (Phi) is 4.36. The van der Waals surface area contributed by atoms with E-state index in [2.05, 4.69) is 5.32 Å². The first-order valence-electron chi connectivity index (χ1n) is 7.50. The smallest absolute Gasteiger partial charge is 0.228 e. The molecule has 2 aliphatic rings. The molecule has 1 aromatic rings. The van der Waals surface area contributed by atoms with Gasteiger partial charge >= 0.3 is 0 Å². The lowest BCUT2D eigenvalue weighted by Gasteiger charge is -2.27. The number of aryl methyl sites for hydroxylation is 1. The van der Waals surface area contributed by atoms with Crippen LogP contribution in [0.25, 0.3) is 0 Å². The van der Waals surface area contributed by atoms with Crippen molar-refractivity contribution in [3.8, 4) is 0 Å². The maximum atomic E-state index is 12.3. The van der Waals surface area contributed by atoms with E-state index in [9.17, 15) is 9.59 Å². The zero-order chi connectivity index (χ0) is 15.7. The van der Waals surface area contributed by atoms with Gasteiger partial charge in [-0.15, -0.1) is 0 Å². The predicted octanol–water partition coefficient (Wildman–Crippen LogP) is 2.08. The SMILES string of the molecule is Cc1cc(Cl)ccc1NC(=O)C1CC1C(=O)N1CCOCC1. The van der Waals surface area contributed by atoms with Gasteiger partial charge in [-0.05, 0) is 37.1 Å². The van der Waals surface area contributed by atoms with E-state index in [-0.39, 0.29) is 23.7 Å². The Morgan fingerprint density at radius 1 is 1.27 bits per heavy atom. The zero-order valence-corrected chi connectivity index (χ0v) is 13.2. The lowest BCUT2D eigenvalue weighted by atomic mass is 10.2. The molecular formula is C16H19ClN2O3. The van der Waals surface area contributed by atoms with Gasteiger partial charge in [-0.1, -0.05) is 11.6 Å². The molecule has 1 aromatic carbocycles. The fourth-order valence-corrected chi connectivity index (χ4v) is 3.00. The van der Waals surface area contributed by atoms with Gasteiger partial charge < -0.3 is 15.0 Å². The van der Waals surface area contributed by atoms with Gasteiger partial charge in [0.25, 0.3) is 0 Å². The fraction of sp³-hybridized carbons (Fsp3) is 0.500. The second-order valence-electron chi connectivity index (χ2n) is 5.83. The molecule has 2 fully saturated rings. The van der Waals surface area contributed by atoms with Gasteiger partial charge in [0.05, 0.1) is 25.0 Å². The molecule has 2 unspecified atom stereocenters. The van der Waals surface area contributed by atoms with E-state index in [1.165, 1.54) is 0 Å². The minimum atomic E-state index is -0.217. The van der Waals surface area contributed by atoms with Crippen LogP contribution in [0.5, 0.6) is 0 Å². The summed E-state index contributed by atoms with van der Waals surface area (Å²) in [7, 11) is 0. The first-order valence-corrected chi connectivity index (χ1v) is 7.87.